The number of ether oxygens (including phenoxy) is 1. The fourth-order valence-electron chi connectivity index (χ4n) is 1.38. The summed E-state index contributed by atoms with van der Waals surface area (Å²) in [7, 11) is -1.94. The summed E-state index contributed by atoms with van der Waals surface area (Å²) in [5.74, 6) is 0.437. The Morgan fingerprint density at radius 1 is 1.39 bits per heavy atom. The molecule has 7 heteroatoms. The minimum absolute atomic E-state index is 0.00424. The number of anilines is 1. The molecule has 0 aliphatic rings. The highest BCUT2D eigenvalue weighted by Gasteiger charge is 2.13. The maximum absolute atomic E-state index is 11.8. The molecule has 0 spiro atoms. The zero-order chi connectivity index (χ0) is 13.6. The Kier molecular flexibility index (Phi) is 5.90. The summed E-state index contributed by atoms with van der Waals surface area (Å²) in [6.07, 6.45) is 0.888. The second-order valence-corrected chi connectivity index (χ2v) is 6.45. The number of benzene rings is 1. The first-order valence-electron chi connectivity index (χ1n) is 5.43. The van der Waals surface area contributed by atoms with Gasteiger partial charge in [0.1, 0.15) is 5.75 Å². The maximum atomic E-state index is 11.8. The molecule has 0 bridgehead atoms. The zero-order valence-electron chi connectivity index (χ0n) is 10.0. The molecular weight excluding hydrogens is 322 g/mol. The first-order chi connectivity index (χ1) is 8.48. The van der Waals surface area contributed by atoms with Crippen molar-refractivity contribution < 1.29 is 18.3 Å². The van der Waals surface area contributed by atoms with Crippen LogP contribution in [0.5, 0.6) is 5.75 Å². The predicted octanol–water partition coefficient (Wildman–Crippen LogP) is 1.97. The first kappa shape index (κ1) is 15.3. The van der Waals surface area contributed by atoms with E-state index in [2.05, 4.69) is 20.7 Å². The summed E-state index contributed by atoms with van der Waals surface area (Å²) >= 11 is 3.27. The summed E-state index contributed by atoms with van der Waals surface area (Å²) in [5, 5.41) is 8.63. The second-order valence-electron chi connectivity index (χ2n) is 3.70. The Labute approximate surface area is 115 Å². The Morgan fingerprint density at radius 2 is 2.11 bits per heavy atom. The van der Waals surface area contributed by atoms with E-state index < -0.39 is 10.0 Å². The molecule has 0 heterocycles. The summed E-state index contributed by atoms with van der Waals surface area (Å²) in [4.78, 5) is 0. The minimum atomic E-state index is -3.42. The van der Waals surface area contributed by atoms with Crippen molar-refractivity contribution in [2.75, 3.05) is 24.2 Å². The molecule has 0 amide bonds. The van der Waals surface area contributed by atoms with Gasteiger partial charge in [-0.3, -0.25) is 4.72 Å². The molecule has 102 valence electrons. The maximum Gasteiger partial charge on any atom is 0.232 e. The number of unbranched alkanes of at least 4 members (excludes halogenated alkanes) is 1. The van der Waals surface area contributed by atoms with E-state index in [1.807, 2.05) is 0 Å². The van der Waals surface area contributed by atoms with Crippen LogP contribution in [-0.4, -0.2) is 33.0 Å². The molecule has 18 heavy (non-hydrogen) atoms. The molecule has 0 unspecified atom stereocenters. The molecule has 2 N–H and O–H groups in total. The van der Waals surface area contributed by atoms with Crippen molar-refractivity contribution in [2.45, 2.75) is 12.8 Å². The standard InChI is InChI=1S/C11H16BrNO4S/c1-17-11-5-4-9(12)8-10(11)13-18(15,16)7-3-2-6-14/h4-5,8,13-14H,2-3,6-7H2,1H3. The molecule has 0 saturated heterocycles. The fraction of sp³-hybridized carbons (Fsp3) is 0.455. The van der Waals surface area contributed by atoms with E-state index in [4.69, 9.17) is 9.84 Å². The third-order valence-corrected chi connectivity index (χ3v) is 4.10. The monoisotopic (exact) mass is 337 g/mol. The summed E-state index contributed by atoms with van der Waals surface area (Å²) in [5.41, 5.74) is 0.399. The van der Waals surface area contributed by atoms with Crippen LogP contribution >= 0.6 is 15.9 Å². The number of sulfonamides is 1. The molecule has 1 rings (SSSR count). The second kappa shape index (κ2) is 6.96. The average Bonchev–Trinajstić information content (AvgIpc) is 2.29. The molecule has 0 aliphatic heterocycles. The van der Waals surface area contributed by atoms with Crippen LogP contribution in [0.25, 0.3) is 0 Å². The highest BCUT2D eigenvalue weighted by Crippen LogP contribution is 2.28. The Balaban J connectivity index is 2.79. The van der Waals surface area contributed by atoms with Crippen molar-refractivity contribution in [2.24, 2.45) is 0 Å². The van der Waals surface area contributed by atoms with Crippen LogP contribution in [0, 0.1) is 0 Å². The largest absolute Gasteiger partial charge is 0.495 e. The molecule has 0 fully saturated rings. The van der Waals surface area contributed by atoms with Gasteiger partial charge in [0, 0.05) is 11.1 Å². The quantitative estimate of drug-likeness (QED) is 0.746. The lowest BCUT2D eigenvalue weighted by Crippen LogP contribution is -2.17. The molecule has 1 aromatic rings. The third kappa shape index (κ3) is 4.83. The smallest absolute Gasteiger partial charge is 0.232 e. The Bertz CT molecular complexity index is 490. The lowest BCUT2D eigenvalue weighted by atomic mass is 10.3. The van der Waals surface area contributed by atoms with Crippen molar-refractivity contribution in [1.82, 2.24) is 0 Å². The van der Waals surface area contributed by atoms with Crippen LogP contribution in [0.4, 0.5) is 5.69 Å². The van der Waals surface area contributed by atoms with Gasteiger partial charge in [0.2, 0.25) is 10.0 Å². The van der Waals surface area contributed by atoms with Crippen LogP contribution in [0.15, 0.2) is 22.7 Å². The summed E-state index contributed by atoms with van der Waals surface area (Å²) in [6.45, 7) is -0.00424. The van der Waals surface area contributed by atoms with Gasteiger partial charge >= 0.3 is 0 Å². The number of hydrogen-bond donors (Lipinski definition) is 2. The number of methoxy groups -OCH3 is 1. The lowest BCUT2D eigenvalue weighted by Gasteiger charge is -2.12. The highest BCUT2D eigenvalue weighted by atomic mass is 79.9. The van der Waals surface area contributed by atoms with Crippen molar-refractivity contribution in [3.05, 3.63) is 22.7 Å². The molecule has 0 atom stereocenters. The van der Waals surface area contributed by atoms with Gasteiger partial charge in [0.05, 0.1) is 18.6 Å². The van der Waals surface area contributed by atoms with Crippen molar-refractivity contribution in [3.8, 4) is 5.75 Å². The summed E-state index contributed by atoms with van der Waals surface area (Å²) in [6, 6.07) is 5.08. The normalized spacial score (nSPS) is 11.3. The minimum Gasteiger partial charge on any atom is -0.495 e. The number of rotatable bonds is 7. The van der Waals surface area contributed by atoms with Gasteiger partial charge < -0.3 is 9.84 Å². The van der Waals surface area contributed by atoms with Gasteiger partial charge in [0.15, 0.2) is 0 Å². The molecular formula is C11H16BrNO4S. The van der Waals surface area contributed by atoms with E-state index in [9.17, 15) is 8.42 Å². The van der Waals surface area contributed by atoms with Gasteiger partial charge in [-0.05, 0) is 31.0 Å². The van der Waals surface area contributed by atoms with Crippen LogP contribution < -0.4 is 9.46 Å². The number of halogens is 1. The van der Waals surface area contributed by atoms with Gasteiger partial charge in [-0.15, -0.1) is 0 Å². The van der Waals surface area contributed by atoms with E-state index in [1.165, 1.54) is 7.11 Å². The van der Waals surface area contributed by atoms with Crippen LogP contribution in [0.1, 0.15) is 12.8 Å². The molecule has 1 aromatic carbocycles. The molecule has 5 nitrogen and oxygen atoms in total. The van der Waals surface area contributed by atoms with E-state index in [0.29, 0.717) is 24.3 Å². The number of aliphatic hydroxyl groups is 1. The van der Waals surface area contributed by atoms with Gasteiger partial charge in [-0.25, -0.2) is 8.42 Å². The third-order valence-electron chi connectivity index (χ3n) is 2.25. The van der Waals surface area contributed by atoms with Gasteiger partial charge in [-0.2, -0.15) is 0 Å². The molecule has 0 saturated carbocycles. The molecule has 0 aliphatic carbocycles. The topological polar surface area (TPSA) is 75.6 Å². The van der Waals surface area contributed by atoms with Crippen LogP contribution in [0.2, 0.25) is 0 Å². The average molecular weight is 338 g/mol. The predicted molar refractivity (Wildman–Crippen MR) is 74.4 cm³/mol. The number of aliphatic hydroxyl groups excluding tert-OH is 1. The number of nitrogens with one attached hydrogen (secondary N) is 1. The van der Waals surface area contributed by atoms with Crippen LogP contribution in [-0.2, 0) is 10.0 Å². The van der Waals surface area contributed by atoms with Crippen molar-refractivity contribution in [3.63, 3.8) is 0 Å². The van der Waals surface area contributed by atoms with E-state index >= 15 is 0 Å². The Hall–Kier alpha value is -0.790. The number of hydrogen-bond acceptors (Lipinski definition) is 4. The van der Waals surface area contributed by atoms with E-state index in [0.717, 1.165) is 4.47 Å². The van der Waals surface area contributed by atoms with Crippen molar-refractivity contribution in [1.29, 1.82) is 0 Å². The lowest BCUT2D eigenvalue weighted by molar-refractivity contribution is 0.287. The van der Waals surface area contributed by atoms with Crippen molar-refractivity contribution >= 4 is 31.6 Å². The SMILES string of the molecule is COc1ccc(Br)cc1NS(=O)(=O)CCCCO. The fourth-order valence-corrected chi connectivity index (χ4v) is 2.92. The first-order valence-corrected chi connectivity index (χ1v) is 7.88. The summed E-state index contributed by atoms with van der Waals surface area (Å²) < 4.78 is 31.9. The van der Waals surface area contributed by atoms with Gasteiger partial charge in [-0.1, -0.05) is 15.9 Å². The Morgan fingerprint density at radius 3 is 2.72 bits per heavy atom. The van der Waals surface area contributed by atoms with Gasteiger partial charge in [0.25, 0.3) is 0 Å². The van der Waals surface area contributed by atoms with E-state index in [-0.39, 0.29) is 12.4 Å². The molecule has 0 aromatic heterocycles. The highest BCUT2D eigenvalue weighted by molar-refractivity contribution is 9.10. The van der Waals surface area contributed by atoms with Crippen LogP contribution in [0.3, 0.4) is 0 Å². The zero-order valence-corrected chi connectivity index (χ0v) is 12.4. The van der Waals surface area contributed by atoms with E-state index in [1.54, 1.807) is 18.2 Å². The molecule has 0 radical (unpaired) electrons.